The van der Waals surface area contributed by atoms with Crippen molar-refractivity contribution in [3.63, 3.8) is 0 Å². The summed E-state index contributed by atoms with van der Waals surface area (Å²) in [6, 6.07) is 14.8. The molecule has 5 nitrogen and oxygen atoms in total. The van der Waals surface area contributed by atoms with E-state index in [4.69, 9.17) is 9.47 Å². The highest BCUT2D eigenvalue weighted by molar-refractivity contribution is 5.69. The van der Waals surface area contributed by atoms with Gasteiger partial charge in [-0.05, 0) is 54.7 Å². The normalized spacial score (nSPS) is 15.2. The van der Waals surface area contributed by atoms with E-state index < -0.39 is 0 Å². The molecule has 144 valence electrons. The zero-order valence-electron chi connectivity index (χ0n) is 16.4. The molecule has 0 fully saturated rings. The van der Waals surface area contributed by atoms with Crippen LogP contribution in [0.5, 0.6) is 11.8 Å². The lowest BCUT2D eigenvalue weighted by molar-refractivity contribution is 0.143. The maximum atomic E-state index is 11.9. The molecule has 28 heavy (non-hydrogen) atoms. The van der Waals surface area contributed by atoms with Crippen molar-refractivity contribution < 1.29 is 9.47 Å². The molecule has 0 aliphatic carbocycles. The zero-order valence-corrected chi connectivity index (χ0v) is 16.4. The molecule has 0 amide bonds. The van der Waals surface area contributed by atoms with Crippen molar-refractivity contribution in [2.45, 2.75) is 39.8 Å². The summed E-state index contributed by atoms with van der Waals surface area (Å²) >= 11 is 0. The van der Waals surface area contributed by atoms with E-state index in [1.165, 1.54) is 16.7 Å². The molecule has 5 heteroatoms. The molecule has 1 atom stereocenters. The maximum Gasteiger partial charge on any atom is 0.300 e. The van der Waals surface area contributed by atoms with Gasteiger partial charge in [-0.25, -0.2) is 0 Å². The molecule has 1 aromatic heterocycles. The number of rotatable bonds is 5. The second kappa shape index (κ2) is 7.50. The molecule has 4 rings (SSSR count). The van der Waals surface area contributed by atoms with Gasteiger partial charge in [0.15, 0.2) is 6.10 Å². The average Bonchev–Trinajstić information content (AvgIpc) is 3.09. The van der Waals surface area contributed by atoms with Crippen molar-refractivity contribution in [1.29, 1.82) is 0 Å². The second-order valence-corrected chi connectivity index (χ2v) is 7.19. The molecule has 0 N–H and O–H groups in total. The average molecular weight is 376 g/mol. The van der Waals surface area contributed by atoms with Crippen molar-refractivity contribution >= 4 is 0 Å². The summed E-state index contributed by atoms with van der Waals surface area (Å²) in [4.78, 5) is 15.9. The van der Waals surface area contributed by atoms with Gasteiger partial charge in [0.25, 0.3) is 11.6 Å². The second-order valence-electron chi connectivity index (χ2n) is 7.19. The summed E-state index contributed by atoms with van der Waals surface area (Å²) < 4.78 is 13.7. The molecule has 0 spiro atoms. The highest BCUT2D eigenvalue weighted by Gasteiger charge is 2.25. The molecule has 0 bridgehead atoms. The molecule has 1 aliphatic heterocycles. The van der Waals surface area contributed by atoms with Crippen LogP contribution in [0, 0.1) is 13.8 Å². The van der Waals surface area contributed by atoms with Crippen LogP contribution in [0.3, 0.4) is 0 Å². The molecule has 2 aromatic carbocycles. The van der Waals surface area contributed by atoms with Crippen LogP contribution in [-0.2, 0) is 13.0 Å². The van der Waals surface area contributed by atoms with Gasteiger partial charge >= 0.3 is 0 Å². The summed E-state index contributed by atoms with van der Waals surface area (Å²) in [5.41, 5.74) is 5.39. The van der Waals surface area contributed by atoms with E-state index in [2.05, 4.69) is 49.2 Å². The molecule has 0 unspecified atom stereocenters. The molecule has 1 aliphatic rings. The Hall–Kier alpha value is -3.08. The van der Waals surface area contributed by atoms with Gasteiger partial charge in [-0.1, -0.05) is 37.3 Å². The highest BCUT2D eigenvalue weighted by Crippen LogP contribution is 2.28. The van der Waals surface area contributed by atoms with Gasteiger partial charge in [0.2, 0.25) is 0 Å². The topological polar surface area (TPSA) is 53.4 Å². The monoisotopic (exact) mass is 376 g/mol. The first-order valence-corrected chi connectivity index (χ1v) is 9.61. The van der Waals surface area contributed by atoms with Crippen LogP contribution in [-0.4, -0.2) is 22.3 Å². The highest BCUT2D eigenvalue weighted by atomic mass is 16.6. The fourth-order valence-electron chi connectivity index (χ4n) is 3.49. The van der Waals surface area contributed by atoms with Crippen molar-refractivity contribution in [2.24, 2.45) is 0 Å². The van der Waals surface area contributed by atoms with Crippen LogP contribution in [0.4, 0.5) is 0 Å². The van der Waals surface area contributed by atoms with Crippen LogP contribution in [0.1, 0.15) is 23.6 Å². The van der Waals surface area contributed by atoms with E-state index in [1.54, 1.807) is 0 Å². The minimum Gasteiger partial charge on any atom is -0.490 e. The Morgan fingerprint density at radius 2 is 2.04 bits per heavy atom. The largest absolute Gasteiger partial charge is 0.490 e. The predicted molar refractivity (Wildman–Crippen MR) is 109 cm³/mol. The van der Waals surface area contributed by atoms with E-state index in [-0.39, 0.29) is 11.7 Å². The first-order chi connectivity index (χ1) is 13.5. The Kier molecular flexibility index (Phi) is 4.90. The number of aryl methyl sites for hydroxylation is 2. The van der Waals surface area contributed by atoms with Gasteiger partial charge in [-0.3, -0.25) is 9.36 Å². The number of aromatic nitrogens is 2. The summed E-state index contributed by atoms with van der Waals surface area (Å²) in [7, 11) is 0. The third-order valence-corrected chi connectivity index (χ3v) is 5.27. The Bertz CT molecular complexity index is 1070. The first kappa shape index (κ1) is 18.3. The molecule has 2 heterocycles. The summed E-state index contributed by atoms with van der Waals surface area (Å²) in [5, 5.41) is 0. The number of hydrogen-bond acceptors (Lipinski definition) is 4. The van der Waals surface area contributed by atoms with Crippen LogP contribution < -0.4 is 15.0 Å². The Balaban J connectivity index is 1.46. The van der Waals surface area contributed by atoms with E-state index in [0.717, 1.165) is 11.3 Å². The minimum atomic E-state index is -0.212. The van der Waals surface area contributed by atoms with Crippen LogP contribution in [0.15, 0.2) is 53.5 Å². The fourth-order valence-corrected chi connectivity index (χ4v) is 3.49. The van der Waals surface area contributed by atoms with Crippen LogP contribution in [0.2, 0.25) is 0 Å². The lowest BCUT2D eigenvalue weighted by Gasteiger charge is -2.13. The summed E-state index contributed by atoms with van der Waals surface area (Å²) in [5.74, 6) is 0.801. The SMILES string of the molecule is CCc1cn2c(nc1=O)O[C@H](COc1cccc(-c3cccc(C)c3C)c1)C2. The van der Waals surface area contributed by atoms with E-state index in [0.29, 0.717) is 31.1 Å². The Labute approximate surface area is 164 Å². The van der Waals surface area contributed by atoms with Gasteiger partial charge in [-0.15, -0.1) is 0 Å². The third-order valence-electron chi connectivity index (χ3n) is 5.27. The van der Waals surface area contributed by atoms with Crippen molar-refractivity contribution in [3.05, 3.63) is 75.7 Å². The number of hydrogen-bond donors (Lipinski definition) is 0. The molecule has 0 radical (unpaired) electrons. The van der Waals surface area contributed by atoms with Gasteiger partial charge in [-0.2, -0.15) is 4.98 Å². The van der Waals surface area contributed by atoms with E-state index >= 15 is 0 Å². The lowest BCUT2D eigenvalue weighted by atomic mass is 9.97. The molecular formula is C23H24N2O3. The van der Waals surface area contributed by atoms with Gasteiger partial charge in [0.05, 0.1) is 6.54 Å². The van der Waals surface area contributed by atoms with Crippen molar-refractivity contribution in [1.82, 2.24) is 9.55 Å². The number of benzene rings is 2. The van der Waals surface area contributed by atoms with Gasteiger partial charge in [0.1, 0.15) is 12.4 Å². The number of nitrogens with zero attached hydrogens (tertiary/aromatic N) is 2. The quantitative estimate of drug-likeness (QED) is 0.677. The maximum absolute atomic E-state index is 11.9. The number of fused-ring (bicyclic) bond motifs is 1. The van der Waals surface area contributed by atoms with Crippen molar-refractivity contribution in [3.8, 4) is 22.9 Å². The standard InChI is InChI=1S/C23H24N2O3/c1-4-17-12-25-13-20(28-23(25)24-22(17)26)14-27-19-9-6-8-18(11-19)21-10-5-7-15(2)16(21)3/h5-12,20H,4,13-14H2,1-3H3/t20-/m0/s1. The molecular weight excluding hydrogens is 352 g/mol. The van der Waals surface area contributed by atoms with Crippen LogP contribution in [0.25, 0.3) is 11.1 Å². The molecule has 0 saturated carbocycles. The van der Waals surface area contributed by atoms with E-state index in [9.17, 15) is 4.79 Å². The first-order valence-electron chi connectivity index (χ1n) is 9.61. The minimum absolute atomic E-state index is 0.164. The van der Waals surface area contributed by atoms with Gasteiger partial charge < -0.3 is 9.47 Å². The molecule has 3 aromatic rings. The molecule has 0 saturated heterocycles. The van der Waals surface area contributed by atoms with Crippen molar-refractivity contribution in [2.75, 3.05) is 6.61 Å². The zero-order chi connectivity index (χ0) is 19.7. The van der Waals surface area contributed by atoms with Crippen LogP contribution >= 0.6 is 0 Å². The number of ether oxygens (including phenoxy) is 2. The van der Waals surface area contributed by atoms with E-state index in [1.807, 2.05) is 29.8 Å². The Morgan fingerprint density at radius 3 is 2.86 bits per heavy atom. The summed E-state index contributed by atoms with van der Waals surface area (Å²) in [6.07, 6.45) is 2.34. The van der Waals surface area contributed by atoms with Gasteiger partial charge in [0, 0.05) is 11.8 Å². The fraction of sp³-hybridized carbons (Fsp3) is 0.304. The lowest BCUT2D eigenvalue weighted by Crippen LogP contribution is -2.23. The Morgan fingerprint density at radius 1 is 1.21 bits per heavy atom. The summed E-state index contributed by atoms with van der Waals surface area (Å²) in [6.45, 7) is 7.24. The third kappa shape index (κ3) is 3.52. The predicted octanol–water partition coefficient (Wildman–Crippen LogP) is 3.93. The smallest absolute Gasteiger partial charge is 0.300 e.